The number of likely N-dealkylation sites (tertiary alicyclic amines) is 1. The number of halogens is 1. The van der Waals surface area contributed by atoms with Gasteiger partial charge in [-0.1, -0.05) is 0 Å². The van der Waals surface area contributed by atoms with Crippen LogP contribution in [0.2, 0.25) is 0 Å². The van der Waals surface area contributed by atoms with Crippen LogP contribution in [0.15, 0.2) is 18.2 Å². The molecule has 1 saturated heterocycles. The standard InChI is InChI=1S/C16H22FN3O3/c1-10(2)23-12-5-6-14(13(17)8-12)19-16(22)20-7-3-4-11(9-20)15(18)21/h5-6,8,10-11H,3-4,7,9H2,1-2H3,(H2,18,21)(H,19,22)/t11-/m0/s1. The fourth-order valence-corrected chi connectivity index (χ4v) is 2.53. The van der Waals surface area contributed by atoms with E-state index in [4.69, 9.17) is 10.5 Å². The molecule has 7 heteroatoms. The summed E-state index contributed by atoms with van der Waals surface area (Å²) >= 11 is 0. The van der Waals surface area contributed by atoms with Crippen molar-refractivity contribution in [1.82, 2.24) is 4.90 Å². The average Bonchev–Trinajstić information content (AvgIpc) is 2.49. The zero-order chi connectivity index (χ0) is 17.0. The topological polar surface area (TPSA) is 84.7 Å². The first kappa shape index (κ1) is 17.1. The maximum Gasteiger partial charge on any atom is 0.321 e. The van der Waals surface area contributed by atoms with Crippen molar-refractivity contribution in [3.05, 3.63) is 24.0 Å². The van der Waals surface area contributed by atoms with Gasteiger partial charge in [-0.3, -0.25) is 4.79 Å². The Morgan fingerprint density at radius 3 is 2.78 bits per heavy atom. The Morgan fingerprint density at radius 1 is 1.43 bits per heavy atom. The number of nitrogens with two attached hydrogens (primary N) is 1. The number of nitrogens with zero attached hydrogens (tertiary/aromatic N) is 1. The largest absolute Gasteiger partial charge is 0.491 e. The molecule has 1 atom stereocenters. The molecular formula is C16H22FN3O3. The molecule has 1 aromatic rings. The van der Waals surface area contributed by atoms with E-state index in [9.17, 15) is 14.0 Å². The van der Waals surface area contributed by atoms with Crippen LogP contribution in [-0.2, 0) is 4.79 Å². The van der Waals surface area contributed by atoms with E-state index in [2.05, 4.69) is 5.32 Å². The Hall–Kier alpha value is -2.31. The van der Waals surface area contributed by atoms with Gasteiger partial charge in [-0.25, -0.2) is 9.18 Å². The number of primary amides is 1. The maximum absolute atomic E-state index is 14.0. The summed E-state index contributed by atoms with van der Waals surface area (Å²) < 4.78 is 19.4. The minimum absolute atomic E-state index is 0.0612. The molecule has 0 aliphatic carbocycles. The zero-order valence-electron chi connectivity index (χ0n) is 13.3. The number of benzene rings is 1. The lowest BCUT2D eigenvalue weighted by Crippen LogP contribution is -2.45. The van der Waals surface area contributed by atoms with Crippen LogP contribution in [0.4, 0.5) is 14.9 Å². The molecular weight excluding hydrogens is 301 g/mol. The number of hydrogen-bond donors (Lipinski definition) is 2. The monoisotopic (exact) mass is 323 g/mol. The third-order valence-electron chi connectivity index (χ3n) is 3.66. The molecule has 0 radical (unpaired) electrons. The fraction of sp³-hybridized carbons (Fsp3) is 0.500. The van der Waals surface area contributed by atoms with Crippen LogP contribution in [0, 0.1) is 11.7 Å². The van der Waals surface area contributed by atoms with Crippen LogP contribution >= 0.6 is 0 Å². The smallest absolute Gasteiger partial charge is 0.321 e. The van der Waals surface area contributed by atoms with Gasteiger partial charge in [0.1, 0.15) is 11.6 Å². The summed E-state index contributed by atoms with van der Waals surface area (Å²) in [5.74, 6) is -0.924. The molecule has 6 nitrogen and oxygen atoms in total. The molecule has 1 aromatic carbocycles. The number of hydrogen-bond acceptors (Lipinski definition) is 3. The van der Waals surface area contributed by atoms with Crippen molar-refractivity contribution in [2.24, 2.45) is 11.7 Å². The average molecular weight is 323 g/mol. The number of rotatable bonds is 4. The summed E-state index contributed by atoms with van der Waals surface area (Å²) in [4.78, 5) is 24.9. The minimum atomic E-state index is -0.569. The Balaban J connectivity index is 2.01. The third-order valence-corrected chi connectivity index (χ3v) is 3.66. The highest BCUT2D eigenvalue weighted by atomic mass is 19.1. The Labute approximate surface area is 134 Å². The lowest BCUT2D eigenvalue weighted by atomic mass is 9.98. The van der Waals surface area contributed by atoms with E-state index in [1.54, 1.807) is 6.07 Å². The van der Waals surface area contributed by atoms with Gasteiger partial charge in [0.2, 0.25) is 5.91 Å². The highest BCUT2D eigenvalue weighted by molar-refractivity contribution is 5.90. The second kappa shape index (κ2) is 7.30. The van der Waals surface area contributed by atoms with Crippen molar-refractivity contribution >= 4 is 17.6 Å². The summed E-state index contributed by atoms with van der Waals surface area (Å²) in [6.07, 6.45) is 1.31. The lowest BCUT2D eigenvalue weighted by molar-refractivity contribution is -0.123. The van der Waals surface area contributed by atoms with E-state index >= 15 is 0 Å². The summed E-state index contributed by atoms with van der Waals surface area (Å²) in [5.41, 5.74) is 5.37. The van der Waals surface area contributed by atoms with Crippen molar-refractivity contribution in [3.63, 3.8) is 0 Å². The SMILES string of the molecule is CC(C)Oc1ccc(NC(=O)N2CCC[C@H](C(N)=O)C2)c(F)c1. The number of piperidine rings is 1. The summed E-state index contributed by atoms with van der Waals surface area (Å²) in [5, 5.41) is 2.52. The summed E-state index contributed by atoms with van der Waals surface area (Å²) in [6.45, 7) is 4.47. The van der Waals surface area contributed by atoms with Crippen molar-refractivity contribution in [3.8, 4) is 5.75 Å². The van der Waals surface area contributed by atoms with E-state index < -0.39 is 17.8 Å². The molecule has 0 spiro atoms. The molecule has 1 aliphatic rings. The molecule has 2 rings (SSSR count). The maximum atomic E-state index is 14.0. The molecule has 126 valence electrons. The minimum Gasteiger partial charge on any atom is -0.491 e. The number of nitrogens with one attached hydrogen (secondary N) is 1. The van der Waals surface area contributed by atoms with Crippen LogP contribution < -0.4 is 15.8 Å². The van der Waals surface area contributed by atoms with Gasteiger partial charge in [0.05, 0.1) is 17.7 Å². The molecule has 23 heavy (non-hydrogen) atoms. The van der Waals surface area contributed by atoms with E-state index in [-0.39, 0.29) is 24.3 Å². The van der Waals surface area contributed by atoms with Gasteiger partial charge in [0.15, 0.2) is 0 Å². The zero-order valence-corrected chi connectivity index (χ0v) is 13.3. The predicted octanol–water partition coefficient (Wildman–Crippen LogP) is 2.34. The van der Waals surface area contributed by atoms with Crippen LogP contribution in [0.1, 0.15) is 26.7 Å². The van der Waals surface area contributed by atoms with Gasteiger partial charge >= 0.3 is 6.03 Å². The van der Waals surface area contributed by atoms with E-state index in [0.717, 1.165) is 0 Å². The van der Waals surface area contributed by atoms with Crippen LogP contribution in [0.25, 0.3) is 0 Å². The van der Waals surface area contributed by atoms with Crippen molar-refractivity contribution in [1.29, 1.82) is 0 Å². The number of carbonyl (C=O) groups excluding carboxylic acids is 2. The number of carbonyl (C=O) groups is 2. The van der Waals surface area contributed by atoms with E-state index in [1.807, 2.05) is 13.8 Å². The first-order valence-electron chi connectivity index (χ1n) is 7.68. The first-order valence-corrected chi connectivity index (χ1v) is 7.68. The van der Waals surface area contributed by atoms with Crippen LogP contribution in [0.3, 0.4) is 0 Å². The second-order valence-corrected chi connectivity index (χ2v) is 5.93. The van der Waals surface area contributed by atoms with Crippen LogP contribution in [0.5, 0.6) is 5.75 Å². The van der Waals surface area contributed by atoms with Gasteiger partial charge in [-0.15, -0.1) is 0 Å². The molecule has 0 aromatic heterocycles. The van der Waals surface area contributed by atoms with Crippen molar-refractivity contribution in [2.45, 2.75) is 32.8 Å². The van der Waals surface area contributed by atoms with E-state index in [1.165, 1.54) is 17.0 Å². The first-order chi connectivity index (χ1) is 10.9. The van der Waals surface area contributed by atoms with Gasteiger partial charge < -0.3 is 20.7 Å². The van der Waals surface area contributed by atoms with Gasteiger partial charge in [0.25, 0.3) is 0 Å². The normalized spacial score (nSPS) is 17.9. The fourth-order valence-electron chi connectivity index (χ4n) is 2.53. The third kappa shape index (κ3) is 4.58. The number of urea groups is 1. The van der Waals surface area contributed by atoms with E-state index in [0.29, 0.717) is 25.1 Å². The predicted molar refractivity (Wildman–Crippen MR) is 84.7 cm³/mol. The molecule has 0 saturated carbocycles. The quantitative estimate of drug-likeness (QED) is 0.892. The molecule has 0 bridgehead atoms. The highest BCUT2D eigenvalue weighted by Gasteiger charge is 2.27. The lowest BCUT2D eigenvalue weighted by Gasteiger charge is -2.31. The van der Waals surface area contributed by atoms with Crippen LogP contribution in [-0.4, -0.2) is 36.0 Å². The Morgan fingerprint density at radius 2 is 2.17 bits per heavy atom. The number of amides is 3. The van der Waals surface area contributed by atoms with Crippen molar-refractivity contribution in [2.75, 3.05) is 18.4 Å². The van der Waals surface area contributed by atoms with Gasteiger partial charge in [0, 0.05) is 19.2 Å². The molecule has 1 fully saturated rings. The molecule has 3 N–H and O–H groups in total. The number of anilines is 1. The van der Waals surface area contributed by atoms with Gasteiger partial charge in [-0.05, 0) is 38.8 Å². The Bertz CT molecular complexity index is 592. The molecule has 1 aliphatic heterocycles. The number of ether oxygens (including phenoxy) is 1. The highest BCUT2D eigenvalue weighted by Crippen LogP contribution is 2.23. The van der Waals surface area contributed by atoms with Crippen molar-refractivity contribution < 1.29 is 18.7 Å². The summed E-state index contributed by atoms with van der Waals surface area (Å²) in [7, 11) is 0. The second-order valence-electron chi connectivity index (χ2n) is 5.93. The molecule has 1 heterocycles. The molecule has 3 amide bonds. The Kier molecular flexibility index (Phi) is 5.41. The van der Waals surface area contributed by atoms with Gasteiger partial charge in [-0.2, -0.15) is 0 Å². The summed E-state index contributed by atoms with van der Waals surface area (Å²) in [6, 6.07) is 3.85. The molecule has 0 unspecified atom stereocenters.